The minimum atomic E-state index is -4.86. The first kappa shape index (κ1) is 29.2. The summed E-state index contributed by atoms with van der Waals surface area (Å²) < 4.78 is 74.2. The Hall–Kier alpha value is -3.30. The standard InChI is InChI=1S/C31H29ClF5NO3/c32-28-18-22(7-12-29(28)40-31(34,35)36)26-4-1-3-21-17-24(41-37)10-11-27(21)30(26)20-5-8-23(9-6-20)39-25-13-16-38(19-25)15-2-14-33/h5-12,17-18,25H,1-4,13-16,19H2/t25-/m0/s1. The Bertz CT molecular complexity index is 1390. The number of allylic oxidation sites excluding steroid dienone is 1. The lowest BCUT2D eigenvalue weighted by Crippen LogP contribution is -2.26. The van der Waals surface area contributed by atoms with Crippen LogP contribution in [0, 0.1) is 0 Å². The average molecular weight is 594 g/mol. The molecule has 0 spiro atoms. The molecule has 0 unspecified atom stereocenters. The zero-order chi connectivity index (χ0) is 29.0. The van der Waals surface area contributed by atoms with Crippen LogP contribution in [0.25, 0.3) is 11.1 Å². The highest BCUT2D eigenvalue weighted by Gasteiger charge is 2.32. The number of alkyl halides is 4. The van der Waals surface area contributed by atoms with Gasteiger partial charge in [0.2, 0.25) is 0 Å². The SMILES string of the molecule is FCCCN1CC[C@H](Oc2ccc(C3=C(c4ccc(OC(F)(F)F)c(Cl)c4)CCCc4cc(OF)ccc43)cc2)C1. The van der Waals surface area contributed by atoms with Crippen LogP contribution in [0.2, 0.25) is 5.02 Å². The fourth-order valence-electron chi connectivity index (χ4n) is 5.60. The van der Waals surface area contributed by atoms with Crippen LogP contribution in [0.4, 0.5) is 22.1 Å². The average Bonchev–Trinajstić information content (AvgIpc) is 3.30. The number of hydrogen-bond donors (Lipinski definition) is 0. The van der Waals surface area contributed by atoms with Gasteiger partial charge in [0.1, 0.15) is 17.6 Å². The first-order valence-corrected chi connectivity index (χ1v) is 13.9. The summed E-state index contributed by atoms with van der Waals surface area (Å²) in [5.41, 5.74) is 5.07. The van der Waals surface area contributed by atoms with E-state index >= 15 is 0 Å². The predicted octanol–water partition coefficient (Wildman–Crippen LogP) is 8.61. The van der Waals surface area contributed by atoms with Crippen LogP contribution in [-0.4, -0.2) is 43.7 Å². The van der Waals surface area contributed by atoms with E-state index in [1.165, 1.54) is 12.1 Å². The monoisotopic (exact) mass is 593 g/mol. The molecule has 1 atom stereocenters. The van der Waals surface area contributed by atoms with Gasteiger partial charge >= 0.3 is 6.36 Å². The van der Waals surface area contributed by atoms with Gasteiger partial charge < -0.3 is 9.47 Å². The number of benzene rings is 3. The van der Waals surface area contributed by atoms with E-state index in [-0.39, 0.29) is 23.6 Å². The van der Waals surface area contributed by atoms with Gasteiger partial charge in [0, 0.05) is 24.2 Å². The molecule has 0 amide bonds. The third kappa shape index (κ3) is 7.13. The first-order valence-electron chi connectivity index (χ1n) is 13.5. The van der Waals surface area contributed by atoms with Crippen LogP contribution in [0.5, 0.6) is 17.2 Å². The Morgan fingerprint density at radius 2 is 1.68 bits per heavy atom. The van der Waals surface area contributed by atoms with E-state index < -0.39 is 12.1 Å². The molecule has 1 aliphatic heterocycles. The summed E-state index contributed by atoms with van der Waals surface area (Å²) >= 11 is 6.22. The molecule has 3 aromatic carbocycles. The molecule has 218 valence electrons. The number of aryl methyl sites for hydroxylation is 1. The molecular weight excluding hydrogens is 565 g/mol. The summed E-state index contributed by atoms with van der Waals surface area (Å²) in [6.07, 6.45) is -1.46. The number of rotatable bonds is 9. The molecule has 3 aromatic rings. The minimum absolute atomic E-state index is 0.0209. The van der Waals surface area contributed by atoms with E-state index in [4.69, 9.17) is 16.3 Å². The fraction of sp³-hybridized carbons (Fsp3) is 0.355. The topological polar surface area (TPSA) is 30.9 Å². The molecule has 10 heteroatoms. The molecule has 41 heavy (non-hydrogen) atoms. The van der Waals surface area contributed by atoms with Gasteiger partial charge in [-0.2, -0.15) is 0 Å². The van der Waals surface area contributed by atoms with Crippen molar-refractivity contribution in [1.82, 2.24) is 4.90 Å². The highest BCUT2D eigenvalue weighted by atomic mass is 35.5. The smallest absolute Gasteiger partial charge is 0.489 e. The summed E-state index contributed by atoms with van der Waals surface area (Å²) in [4.78, 5) is 6.17. The van der Waals surface area contributed by atoms with Gasteiger partial charge in [-0.15, -0.1) is 13.2 Å². The van der Waals surface area contributed by atoms with Crippen molar-refractivity contribution in [3.05, 3.63) is 87.9 Å². The quantitative estimate of drug-likeness (QED) is 0.232. The van der Waals surface area contributed by atoms with E-state index in [0.29, 0.717) is 37.1 Å². The van der Waals surface area contributed by atoms with Crippen molar-refractivity contribution in [3.8, 4) is 17.2 Å². The Morgan fingerprint density at radius 3 is 2.39 bits per heavy atom. The number of fused-ring (bicyclic) bond motifs is 1. The Kier molecular flexibility index (Phi) is 9.04. The second kappa shape index (κ2) is 12.7. The second-order valence-corrected chi connectivity index (χ2v) is 10.6. The Morgan fingerprint density at radius 1 is 0.927 bits per heavy atom. The molecule has 1 fully saturated rings. The molecule has 5 rings (SSSR count). The van der Waals surface area contributed by atoms with E-state index in [9.17, 15) is 22.1 Å². The second-order valence-electron chi connectivity index (χ2n) is 10.2. The zero-order valence-corrected chi connectivity index (χ0v) is 22.9. The predicted molar refractivity (Wildman–Crippen MR) is 148 cm³/mol. The normalized spacial score (nSPS) is 17.8. The minimum Gasteiger partial charge on any atom is -0.489 e. The van der Waals surface area contributed by atoms with Crippen LogP contribution in [0.3, 0.4) is 0 Å². The van der Waals surface area contributed by atoms with Crippen molar-refractivity contribution in [3.63, 3.8) is 0 Å². The molecule has 0 bridgehead atoms. The molecule has 0 saturated carbocycles. The number of nitrogens with zero attached hydrogens (tertiary/aromatic N) is 1. The lowest BCUT2D eigenvalue weighted by atomic mass is 9.88. The van der Waals surface area contributed by atoms with Crippen molar-refractivity contribution in [2.24, 2.45) is 0 Å². The summed E-state index contributed by atoms with van der Waals surface area (Å²) in [5, 5.41) is -0.154. The lowest BCUT2D eigenvalue weighted by molar-refractivity contribution is -0.274. The van der Waals surface area contributed by atoms with E-state index in [1.54, 1.807) is 24.3 Å². The molecule has 0 radical (unpaired) electrons. The molecular formula is C31H29ClF5NO3. The molecule has 1 saturated heterocycles. The van der Waals surface area contributed by atoms with Crippen LogP contribution in [-0.2, 0) is 6.42 Å². The summed E-state index contributed by atoms with van der Waals surface area (Å²) in [6.45, 7) is 2.01. The number of likely N-dealkylation sites (tertiary alicyclic amines) is 1. The van der Waals surface area contributed by atoms with Crippen LogP contribution >= 0.6 is 11.6 Å². The van der Waals surface area contributed by atoms with Crippen molar-refractivity contribution in [2.45, 2.75) is 44.6 Å². The van der Waals surface area contributed by atoms with Gasteiger partial charge in [-0.3, -0.25) is 14.2 Å². The molecule has 0 aromatic heterocycles. The van der Waals surface area contributed by atoms with E-state index in [1.807, 2.05) is 24.3 Å². The third-order valence-corrected chi connectivity index (χ3v) is 7.69. The number of ether oxygens (including phenoxy) is 2. The van der Waals surface area contributed by atoms with Gasteiger partial charge in [0.05, 0.1) is 11.7 Å². The van der Waals surface area contributed by atoms with Crippen molar-refractivity contribution >= 4 is 22.7 Å². The maximum atomic E-state index is 13.0. The van der Waals surface area contributed by atoms with Gasteiger partial charge in [-0.25, -0.2) is 0 Å². The maximum Gasteiger partial charge on any atom is 0.573 e. The number of hydrogen-bond acceptors (Lipinski definition) is 4. The Balaban J connectivity index is 1.49. The molecule has 2 aliphatic rings. The molecule has 1 aliphatic carbocycles. The fourth-order valence-corrected chi connectivity index (χ4v) is 5.82. The van der Waals surface area contributed by atoms with Crippen LogP contribution < -0.4 is 14.4 Å². The highest BCUT2D eigenvalue weighted by Crippen LogP contribution is 2.43. The van der Waals surface area contributed by atoms with Crippen molar-refractivity contribution < 1.29 is 36.5 Å². The van der Waals surface area contributed by atoms with E-state index in [0.717, 1.165) is 53.8 Å². The Labute approximate surface area is 240 Å². The van der Waals surface area contributed by atoms with Crippen LogP contribution in [0.15, 0.2) is 60.7 Å². The van der Waals surface area contributed by atoms with E-state index in [2.05, 4.69) is 14.6 Å². The summed E-state index contributed by atoms with van der Waals surface area (Å²) in [5.74, 6) is 0.338. The third-order valence-electron chi connectivity index (χ3n) is 7.40. The number of halogens is 6. The van der Waals surface area contributed by atoms with Gasteiger partial charge in [0.15, 0.2) is 5.75 Å². The highest BCUT2D eigenvalue weighted by molar-refractivity contribution is 6.32. The maximum absolute atomic E-state index is 13.0. The summed E-state index contributed by atoms with van der Waals surface area (Å²) in [7, 11) is 0. The largest absolute Gasteiger partial charge is 0.573 e. The van der Waals surface area contributed by atoms with Gasteiger partial charge in [0.25, 0.3) is 0 Å². The van der Waals surface area contributed by atoms with Gasteiger partial charge in [-0.05, 0) is 102 Å². The summed E-state index contributed by atoms with van der Waals surface area (Å²) in [6, 6.07) is 16.9. The van der Waals surface area contributed by atoms with Crippen molar-refractivity contribution in [1.29, 1.82) is 0 Å². The zero-order valence-electron chi connectivity index (χ0n) is 22.2. The van der Waals surface area contributed by atoms with Crippen molar-refractivity contribution in [2.75, 3.05) is 26.3 Å². The molecule has 0 N–H and O–H groups in total. The van der Waals surface area contributed by atoms with Crippen LogP contribution in [0.1, 0.15) is 47.9 Å². The lowest BCUT2D eigenvalue weighted by Gasteiger charge is -2.19. The van der Waals surface area contributed by atoms with Gasteiger partial charge in [-0.1, -0.05) is 35.9 Å². The molecule has 1 heterocycles. The molecule has 4 nitrogen and oxygen atoms in total. The first-order chi connectivity index (χ1) is 19.7.